The van der Waals surface area contributed by atoms with Gasteiger partial charge in [0.05, 0.1) is 6.42 Å². The fourth-order valence-corrected chi connectivity index (χ4v) is 4.79. The summed E-state index contributed by atoms with van der Waals surface area (Å²) in [5, 5.41) is 9.74. The summed E-state index contributed by atoms with van der Waals surface area (Å²) in [5.41, 5.74) is 3.12. The number of rotatable bonds is 8. The average Bonchev–Trinajstić information content (AvgIpc) is 3.12. The molecule has 0 bridgehead atoms. The van der Waals surface area contributed by atoms with Crippen LogP contribution in [0.5, 0.6) is 5.75 Å². The molecule has 0 saturated carbocycles. The van der Waals surface area contributed by atoms with Gasteiger partial charge in [0.1, 0.15) is 11.4 Å². The standard InChI is InChI=1S/C27H25BrClNO4/c1-27(15-18-5-8-22(28)9-6-18)16-21-14-20(7-10-24(21)34-27)26(33)30(12-11-25(31)32)17-19-3-2-4-23(29)13-19/h2-10,13-14H,11-12,15-17H2,1H3,(H,31,32)/t27-/m1/s1. The number of nitrogens with zero attached hydrogens (tertiary/aromatic N) is 1. The van der Waals surface area contributed by atoms with Crippen molar-refractivity contribution in [2.24, 2.45) is 0 Å². The lowest BCUT2D eigenvalue weighted by Gasteiger charge is -2.24. The molecule has 34 heavy (non-hydrogen) atoms. The summed E-state index contributed by atoms with van der Waals surface area (Å²) in [4.78, 5) is 26.1. The van der Waals surface area contributed by atoms with Crippen molar-refractivity contribution < 1.29 is 19.4 Å². The quantitative estimate of drug-likeness (QED) is 0.370. The van der Waals surface area contributed by atoms with Crippen LogP contribution in [0.2, 0.25) is 5.02 Å². The number of hydrogen-bond donors (Lipinski definition) is 1. The molecule has 0 aromatic heterocycles. The Kier molecular flexibility index (Phi) is 7.29. The number of carbonyl (C=O) groups is 2. The third-order valence-electron chi connectivity index (χ3n) is 5.86. The van der Waals surface area contributed by atoms with Crippen molar-refractivity contribution in [1.82, 2.24) is 4.90 Å². The predicted octanol–water partition coefficient (Wildman–Crippen LogP) is 6.16. The van der Waals surface area contributed by atoms with Crippen molar-refractivity contribution in [3.8, 4) is 5.75 Å². The zero-order valence-corrected chi connectivity index (χ0v) is 21.1. The molecule has 1 amide bonds. The molecular weight excluding hydrogens is 518 g/mol. The molecule has 1 N–H and O–H groups in total. The van der Waals surface area contributed by atoms with Gasteiger partial charge in [0.25, 0.3) is 5.91 Å². The highest BCUT2D eigenvalue weighted by Crippen LogP contribution is 2.38. The molecule has 1 aliphatic rings. The lowest BCUT2D eigenvalue weighted by Crippen LogP contribution is -2.33. The van der Waals surface area contributed by atoms with E-state index in [0.29, 0.717) is 17.0 Å². The van der Waals surface area contributed by atoms with Crippen LogP contribution in [0.1, 0.15) is 40.4 Å². The maximum Gasteiger partial charge on any atom is 0.305 e. The Morgan fingerprint density at radius 3 is 2.56 bits per heavy atom. The van der Waals surface area contributed by atoms with Crippen LogP contribution in [0.4, 0.5) is 0 Å². The second-order valence-corrected chi connectivity index (χ2v) is 10.2. The van der Waals surface area contributed by atoms with Gasteiger partial charge in [-0.05, 0) is 66.1 Å². The molecule has 3 aromatic carbocycles. The van der Waals surface area contributed by atoms with Crippen LogP contribution in [-0.4, -0.2) is 34.0 Å². The first-order valence-corrected chi connectivity index (χ1v) is 12.2. The summed E-state index contributed by atoms with van der Waals surface area (Å²) in [6.45, 7) is 2.46. The Morgan fingerprint density at radius 1 is 1.09 bits per heavy atom. The summed E-state index contributed by atoms with van der Waals surface area (Å²) in [7, 11) is 0. The molecule has 4 rings (SSSR count). The first kappa shape index (κ1) is 24.3. The van der Waals surface area contributed by atoms with E-state index in [1.54, 1.807) is 23.1 Å². The molecule has 176 valence electrons. The average molecular weight is 543 g/mol. The van der Waals surface area contributed by atoms with Gasteiger partial charge in [-0.15, -0.1) is 0 Å². The zero-order chi connectivity index (χ0) is 24.3. The Labute approximate surface area is 212 Å². The fourth-order valence-electron chi connectivity index (χ4n) is 4.31. The highest BCUT2D eigenvalue weighted by molar-refractivity contribution is 9.10. The highest BCUT2D eigenvalue weighted by atomic mass is 79.9. The molecule has 1 aliphatic heterocycles. The zero-order valence-electron chi connectivity index (χ0n) is 18.8. The van der Waals surface area contributed by atoms with E-state index in [1.165, 1.54) is 5.56 Å². The molecular formula is C27H25BrClNO4. The second kappa shape index (κ2) is 10.2. The van der Waals surface area contributed by atoms with Crippen molar-refractivity contribution in [3.05, 3.63) is 98.5 Å². The molecule has 1 heterocycles. The van der Waals surface area contributed by atoms with E-state index in [9.17, 15) is 9.59 Å². The van der Waals surface area contributed by atoms with E-state index >= 15 is 0 Å². The van der Waals surface area contributed by atoms with Crippen molar-refractivity contribution in [1.29, 1.82) is 0 Å². The number of hydrogen-bond acceptors (Lipinski definition) is 3. The number of carboxylic acids is 1. The normalized spacial score (nSPS) is 16.6. The van der Waals surface area contributed by atoms with Gasteiger partial charge in [0.2, 0.25) is 0 Å². The number of fused-ring (bicyclic) bond motifs is 1. The van der Waals surface area contributed by atoms with Crippen LogP contribution in [0.3, 0.4) is 0 Å². The number of ether oxygens (including phenoxy) is 1. The third kappa shape index (κ3) is 5.99. The van der Waals surface area contributed by atoms with Crippen molar-refractivity contribution in [3.63, 3.8) is 0 Å². The molecule has 0 unspecified atom stereocenters. The predicted molar refractivity (Wildman–Crippen MR) is 135 cm³/mol. The van der Waals surface area contributed by atoms with Gasteiger partial charge in [-0.1, -0.05) is 51.8 Å². The van der Waals surface area contributed by atoms with E-state index in [1.807, 2.05) is 36.4 Å². The van der Waals surface area contributed by atoms with Gasteiger partial charge in [-0.25, -0.2) is 0 Å². The van der Waals surface area contributed by atoms with Gasteiger partial charge in [-0.3, -0.25) is 9.59 Å². The number of aliphatic carboxylic acids is 1. The number of halogens is 2. The molecule has 1 atom stereocenters. The fraction of sp³-hybridized carbons (Fsp3) is 0.259. The SMILES string of the molecule is C[C@@]1(Cc2ccc(Br)cc2)Cc2cc(C(=O)N(CCC(=O)O)Cc3cccc(Cl)c3)ccc2O1. The van der Waals surface area contributed by atoms with Crippen LogP contribution >= 0.6 is 27.5 Å². The number of benzene rings is 3. The summed E-state index contributed by atoms with van der Waals surface area (Å²) in [5.74, 6) is -0.386. The summed E-state index contributed by atoms with van der Waals surface area (Å²) in [6.07, 6.45) is 1.30. The molecule has 0 aliphatic carbocycles. The third-order valence-corrected chi connectivity index (χ3v) is 6.63. The number of carboxylic acid groups (broad SMARTS) is 1. The first-order valence-electron chi connectivity index (χ1n) is 11.0. The Hall–Kier alpha value is -2.83. The maximum absolute atomic E-state index is 13.4. The monoisotopic (exact) mass is 541 g/mol. The lowest BCUT2D eigenvalue weighted by molar-refractivity contribution is -0.137. The molecule has 5 nitrogen and oxygen atoms in total. The molecule has 7 heteroatoms. The Bertz CT molecular complexity index is 1210. The van der Waals surface area contributed by atoms with Crippen LogP contribution in [0.15, 0.2) is 71.2 Å². The van der Waals surface area contributed by atoms with E-state index in [4.69, 9.17) is 21.4 Å². The van der Waals surface area contributed by atoms with Crippen molar-refractivity contribution in [2.75, 3.05) is 6.54 Å². The van der Waals surface area contributed by atoms with Crippen LogP contribution in [0, 0.1) is 0 Å². The number of amides is 1. The minimum atomic E-state index is -0.949. The van der Waals surface area contributed by atoms with Crippen LogP contribution < -0.4 is 4.74 Å². The summed E-state index contributed by atoms with van der Waals surface area (Å²) >= 11 is 9.56. The highest BCUT2D eigenvalue weighted by Gasteiger charge is 2.35. The topological polar surface area (TPSA) is 66.8 Å². The molecule has 0 spiro atoms. The van der Waals surface area contributed by atoms with E-state index in [2.05, 4.69) is 35.0 Å². The minimum Gasteiger partial charge on any atom is -0.487 e. The second-order valence-electron chi connectivity index (χ2n) is 8.85. The van der Waals surface area contributed by atoms with Gasteiger partial charge in [0.15, 0.2) is 0 Å². The molecule has 0 radical (unpaired) electrons. The van der Waals surface area contributed by atoms with E-state index in [0.717, 1.165) is 27.8 Å². The Balaban J connectivity index is 1.52. The van der Waals surface area contributed by atoms with Crippen molar-refractivity contribution >= 4 is 39.4 Å². The van der Waals surface area contributed by atoms with Crippen LogP contribution in [-0.2, 0) is 24.2 Å². The largest absolute Gasteiger partial charge is 0.487 e. The van der Waals surface area contributed by atoms with Crippen LogP contribution in [0.25, 0.3) is 0 Å². The summed E-state index contributed by atoms with van der Waals surface area (Å²) < 4.78 is 7.32. The maximum atomic E-state index is 13.4. The smallest absolute Gasteiger partial charge is 0.305 e. The van der Waals surface area contributed by atoms with Gasteiger partial charge < -0.3 is 14.7 Å². The van der Waals surface area contributed by atoms with Gasteiger partial charge >= 0.3 is 5.97 Å². The summed E-state index contributed by atoms with van der Waals surface area (Å²) in [6, 6.07) is 20.9. The van der Waals surface area contributed by atoms with Crippen molar-refractivity contribution in [2.45, 2.75) is 38.3 Å². The van der Waals surface area contributed by atoms with E-state index in [-0.39, 0.29) is 25.4 Å². The van der Waals surface area contributed by atoms with Gasteiger partial charge in [-0.2, -0.15) is 0 Å². The van der Waals surface area contributed by atoms with E-state index < -0.39 is 11.6 Å². The lowest BCUT2D eigenvalue weighted by atomic mass is 9.91. The molecule has 3 aromatic rings. The Morgan fingerprint density at radius 2 is 1.85 bits per heavy atom. The first-order chi connectivity index (χ1) is 16.2. The molecule has 0 fully saturated rings. The minimum absolute atomic E-state index is 0.107. The molecule has 0 saturated heterocycles. The number of carbonyl (C=O) groups excluding carboxylic acids is 1. The van der Waals surface area contributed by atoms with Gasteiger partial charge in [0, 0.05) is 41.0 Å².